The van der Waals surface area contributed by atoms with Gasteiger partial charge in [0.2, 0.25) is 0 Å². The van der Waals surface area contributed by atoms with Gasteiger partial charge in [0.15, 0.2) is 0 Å². The molecule has 1 N–H and O–H groups in total. The zero-order valence-corrected chi connectivity index (χ0v) is 11.4. The second kappa shape index (κ2) is 5.37. The van der Waals surface area contributed by atoms with E-state index in [9.17, 15) is 4.39 Å². The molecule has 0 bridgehead atoms. The minimum Gasteiger partial charge on any atom is -0.370 e. The minimum absolute atomic E-state index is 0.0428. The standard InChI is InChI=1S/C15H22FNO/c1-4-15(5-2)10-18-14(11(3)17-15)12-8-6-7-9-13(12)16/h6-9,11,14,17H,4-5,10H2,1-3H3. The summed E-state index contributed by atoms with van der Waals surface area (Å²) in [5.74, 6) is -0.184. The SMILES string of the molecule is CCC1(CC)COC(c2ccccc2F)C(C)N1. The van der Waals surface area contributed by atoms with Crippen molar-refractivity contribution in [3.05, 3.63) is 35.6 Å². The van der Waals surface area contributed by atoms with Crippen LogP contribution >= 0.6 is 0 Å². The van der Waals surface area contributed by atoms with Gasteiger partial charge in [-0.3, -0.25) is 0 Å². The number of hydrogen-bond acceptors (Lipinski definition) is 2. The Morgan fingerprint density at radius 2 is 2.00 bits per heavy atom. The fourth-order valence-electron chi connectivity index (χ4n) is 2.72. The quantitative estimate of drug-likeness (QED) is 0.888. The van der Waals surface area contributed by atoms with E-state index in [0.717, 1.165) is 12.8 Å². The number of benzene rings is 1. The Morgan fingerprint density at radius 3 is 2.56 bits per heavy atom. The van der Waals surface area contributed by atoms with Crippen LogP contribution in [0.3, 0.4) is 0 Å². The van der Waals surface area contributed by atoms with Crippen molar-refractivity contribution >= 4 is 0 Å². The molecule has 1 fully saturated rings. The maximum Gasteiger partial charge on any atom is 0.129 e. The normalized spacial score (nSPS) is 27.1. The molecule has 1 saturated heterocycles. The summed E-state index contributed by atoms with van der Waals surface area (Å²) < 4.78 is 19.7. The van der Waals surface area contributed by atoms with E-state index in [1.54, 1.807) is 6.07 Å². The van der Waals surface area contributed by atoms with Gasteiger partial charge in [0, 0.05) is 17.1 Å². The summed E-state index contributed by atoms with van der Waals surface area (Å²) in [6.07, 6.45) is 1.85. The molecule has 100 valence electrons. The predicted octanol–water partition coefficient (Wildman–Crippen LogP) is 3.43. The number of rotatable bonds is 3. The van der Waals surface area contributed by atoms with Gasteiger partial charge in [-0.1, -0.05) is 32.0 Å². The fourth-order valence-corrected chi connectivity index (χ4v) is 2.72. The molecular weight excluding hydrogens is 229 g/mol. The molecule has 0 spiro atoms. The molecule has 3 heteroatoms. The number of halogens is 1. The largest absolute Gasteiger partial charge is 0.370 e. The van der Waals surface area contributed by atoms with Gasteiger partial charge >= 0.3 is 0 Å². The van der Waals surface area contributed by atoms with Crippen LogP contribution < -0.4 is 5.32 Å². The molecule has 1 aromatic rings. The number of hydrogen-bond donors (Lipinski definition) is 1. The van der Waals surface area contributed by atoms with E-state index >= 15 is 0 Å². The molecule has 0 radical (unpaired) electrons. The lowest BCUT2D eigenvalue weighted by Crippen LogP contribution is -2.58. The highest BCUT2D eigenvalue weighted by molar-refractivity contribution is 5.22. The van der Waals surface area contributed by atoms with Crippen molar-refractivity contribution in [3.63, 3.8) is 0 Å². The van der Waals surface area contributed by atoms with Crippen LogP contribution in [0.4, 0.5) is 4.39 Å². The van der Waals surface area contributed by atoms with Gasteiger partial charge in [-0.15, -0.1) is 0 Å². The first kappa shape index (κ1) is 13.5. The molecule has 2 atom stereocenters. The molecule has 0 aromatic heterocycles. The molecule has 18 heavy (non-hydrogen) atoms. The van der Waals surface area contributed by atoms with Crippen LogP contribution in [0.25, 0.3) is 0 Å². The van der Waals surface area contributed by atoms with E-state index in [2.05, 4.69) is 26.1 Å². The summed E-state index contributed by atoms with van der Waals surface area (Å²) in [6, 6.07) is 6.99. The average molecular weight is 251 g/mol. The number of ether oxygens (including phenoxy) is 1. The first-order chi connectivity index (χ1) is 8.62. The van der Waals surface area contributed by atoms with E-state index in [1.165, 1.54) is 6.07 Å². The van der Waals surface area contributed by atoms with Crippen molar-refractivity contribution < 1.29 is 9.13 Å². The Labute approximate surface area is 109 Å². The maximum atomic E-state index is 13.8. The molecule has 0 amide bonds. The number of morpholine rings is 1. The molecule has 2 unspecified atom stereocenters. The highest BCUT2D eigenvalue weighted by atomic mass is 19.1. The summed E-state index contributed by atoms with van der Waals surface area (Å²) in [5, 5.41) is 3.61. The second-order valence-corrected chi connectivity index (χ2v) is 5.17. The van der Waals surface area contributed by atoms with Gasteiger partial charge in [-0.2, -0.15) is 0 Å². The fraction of sp³-hybridized carbons (Fsp3) is 0.600. The third kappa shape index (κ3) is 2.43. The second-order valence-electron chi connectivity index (χ2n) is 5.17. The maximum absolute atomic E-state index is 13.8. The summed E-state index contributed by atoms with van der Waals surface area (Å²) in [5.41, 5.74) is 0.694. The number of nitrogens with one attached hydrogen (secondary N) is 1. The molecule has 1 aliphatic rings. The Balaban J connectivity index is 2.18. The third-order valence-corrected chi connectivity index (χ3v) is 4.09. The Bertz CT molecular complexity index is 403. The van der Waals surface area contributed by atoms with Crippen LogP contribution in [-0.2, 0) is 4.74 Å². The van der Waals surface area contributed by atoms with E-state index < -0.39 is 0 Å². The van der Waals surface area contributed by atoms with Crippen LogP contribution in [0.2, 0.25) is 0 Å². The smallest absolute Gasteiger partial charge is 0.129 e. The van der Waals surface area contributed by atoms with Crippen LogP contribution in [0.5, 0.6) is 0 Å². The topological polar surface area (TPSA) is 21.3 Å². The summed E-state index contributed by atoms with van der Waals surface area (Å²) in [7, 11) is 0. The Hall–Kier alpha value is -0.930. The van der Waals surface area contributed by atoms with Gasteiger partial charge in [-0.05, 0) is 25.8 Å². The van der Waals surface area contributed by atoms with Crippen molar-refractivity contribution in [1.29, 1.82) is 0 Å². The van der Waals surface area contributed by atoms with Crippen LogP contribution in [-0.4, -0.2) is 18.2 Å². The predicted molar refractivity (Wildman–Crippen MR) is 71.0 cm³/mol. The average Bonchev–Trinajstić information content (AvgIpc) is 2.40. The molecule has 1 heterocycles. The van der Waals surface area contributed by atoms with E-state index in [0.29, 0.717) is 12.2 Å². The Kier molecular flexibility index (Phi) is 4.03. The first-order valence-corrected chi connectivity index (χ1v) is 6.75. The van der Waals surface area contributed by atoms with E-state index in [1.807, 2.05) is 12.1 Å². The van der Waals surface area contributed by atoms with Crippen molar-refractivity contribution in [1.82, 2.24) is 5.32 Å². The molecular formula is C15H22FNO. The van der Waals surface area contributed by atoms with Gasteiger partial charge in [0.05, 0.1) is 6.61 Å². The van der Waals surface area contributed by atoms with Crippen LogP contribution in [0.1, 0.15) is 45.3 Å². The lowest BCUT2D eigenvalue weighted by atomic mass is 9.88. The first-order valence-electron chi connectivity index (χ1n) is 6.75. The zero-order chi connectivity index (χ0) is 13.2. The van der Waals surface area contributed by atoms with Crippen LogP contribution in [0, 0.1) is 5.82 Å². The summed E-state index contributed by atoms with van der Waals surface area (Å²) in [6.45, 7) is 7.03. The molecule has 2 rings (SSSR count). The highest BCUT2D eigenvalue weighted by Gasteiger charge is 2.38. The minimum atomic E-state index is -0.197. The van der Waals surface area contributed by atoms with Crippen molar-refractivity contribution in [3.8, 4) is 0 Å². The molecule has 0 saturated carbocycles. The van der Waals surface area contributed by atoms with Crippen molar-refractivity contribution in [2.45, 2.75) is 51.3 Å². The van der Waals surface area contributed by atoms with Gasteiger partial charge in [-0.25, -0.2) is 4.39 Å². The highest BCUT2D eigenvalue weighted by Crippen LogP contribution is 2.32. The Morgan fingerprint density at radius 1 is 1.33 bits per heavy atom. The van der Waals surface area contributed by atoms with E-state index in [4.69, 9.17) is 4.74 Å². The third-order valence-electron chi connectivity index (χ3n) is 4.09. The molecule has 2 nitrogen and oxygen atoms in total. The lowest BCUT2D eigenvalue weighted by molar-refractivity contribution is -0.0645. The summed E-state index contributed by atoms with van der Waals surface area (Å²) in [4.78, 5) is 0. The monoisotopic (exact) mass is 251 g/mol. The lowest BCUT2D eigenvalue weighted by Gasteiger charge is -2.44. The molecule has 0 aliphatic carbocycles. The van der Waals surface area contributed by atoms with Crippen molar-refractivity contribution in [2.75, 3.05) is 6.61 Å². The van der Waals surface area contributed by atoms with Crippen LogP contribution in [0.15, 0.2) is 24.3 Å². The van der Waals surface area contributed by atoms with Gasteiger partial charge in [0.1, 0.15) is 11.9 Å². The van der Waals surface area contributed by atoms with Crippen molar-refractivity contribution in [2.24, 2.45) is 0 Å². The summed E-state index contributed by atoms with van der Waals surface area (Å²) >= 11 is 0. The molecule has 1 aliphatic heterocycles. The van der Waals surface area contributed by atoms with Gasteiger partial charge < -0.3 is 10.1 Å². The van der Waals surface area contributed by atoms with E-state index in [-0.39, 0.29) is 23.5 Å². The molecule has 1 aromatic carbocycles. The van der Waals surface area contributed by atoms with Gasteiger partial charge in [0.25, 0.3) is 0 Å². The zero-order valence-electron chi connectivity index (χ0n) is 11.4.